The number of benzene rings is 2. The number of hydrogen-bond acceptors (Lipinski definition) is 2. The van der Waals surface area contributed by atoms with Crippen LogP contribution in [-0.4, -0.2) is 10.9 Å². The van der Waals surface area contributed by atoms with Crippen LogP contribution in [-0.2, 0) is 16.8 Å². The molecular formula is C18H18O2. The molecule has 0 saturated heterocycles. The molecule has 0 bridgehead atoms. The summed E-state index contributed by atoms with van der Waals surface area (Å²) in [6.07, 6.45) is 1.54. The van der Waals surface area contributed by atoms with Crippen molar-refractivity contribution in [3.63, 3.8) is 0 Å². The molecule has 2 aromatic carbocycles. The largest absolute Gasteiger partial charge is 0.380 e. The molecule has 1 aliphatic carbocycles. The molecule has 20 heavy (non-hydrogen) atoms. The highest BCUT2D eigenvalue weighted by atomic mass is 16.3. The molecule has 2 aromatic rings. The van der Waals surface area contributed by atoms with Crippen LogP contribution in [0.1, 0.15) is 30.0 Å². The summed E-state index contributed by atoms with van der Waals surface area (Å²) in [4.78, 5) is 12.0. The topological polar surface area (TPSA) is 37.3 Å². The van der Waals surface area contributed by atoms with Crippen LogP contribution in [0.5, 0.6) is 0 Å². The first kappa shape index (κ1) is 13.1. The third-order valence-electron chi connectivity index (χ3n) is 4.34. The van der Waals surface area contributed by atoms with Gasteiger partial charge in [-0.2, -0.15) is 0 Å². The fourth-order valence-corrected chi connectivity index (χ4v) is 3.35. The van der Waals surface area contributed by atoms with Gasteiger partial charge in [0.2, 0.25) is 0 Å². The van der Waals surface area contributed by atoms with Gasteiger partial charge in [-0.1, -0.05) is 54.6 Å². The van der Waals surface area contributed by atoms with E-state index in [1.807, 2.05) is 54.6 Å². The highest BCUT2D eigenvalue weighted by Crippen LogP contribution is 2.44. The first-order valence-electron chi connectivity index (χ1n) is 7.00. The van der Waals surface area contributed by atoms with Crippen LogP contribution < -0.4 is 0 Å². The van der Waals surface area contributed by atoms with Gasteiger partial charge < -0.3 is 5.11 Å². The van der Waals surface area contributed by atoms with Gasteiger partial charge in [-0.15, -0.1) is 0 Å². The Kier molecular flexibility index (Phi) is 3.19. The van der Waals surface area contributed by atoms with E-state index in [0.29, 0.717) is 6.42 Å². The highest BCUT2D eigenvalue weighted by Gasteiger charge is 2.46. The van der Waals surface area contributed by atoms with Crippen LogP contribution in [0.4, 0.5) is 0 Å². The Labute approximate surface area is 119 Å². The van der Waals surface area contributed by atoms with Crippen LogP contribution >= 0.6 is 0 Å². The molecule has 0 radical (unpaired) electrons. The molecule has 102 valence electrons. The van der Waals surface area contributed by atoms with Gasteiger partial charge >= 0.3 is 0 Å². The van der Waals surface area contributed by atoms with Crippen molar-refractivity contribution in [2.75, 3.05) is 0 Å². The van der Waals surface area contributed by atoms with Crippen LogP contribution in [0.15, 0.2) is 54.6 Å². The molecule has 2 heteroatoms. The van der Waals surface area contributed by atoms with Crippen molar-refractivity contribution in [1.82, 2.24) is 0 Å². The van der Waals surface area contributed by atoms with Gasteiger partial charge in [-0.3, -0.25) is 4.79 Å². The standard InChI is InChI=1S/C18H18O2/c1-13(19)16-12-11-14-7-5-6-10-17(14)18(16,20)15-8-3-2-4-9-15/h2-10,16,20H,11-12H2,1H3/t16-,18+/m1/s1. The van der Waals surface area contributed by atoms with Crippen LogP contribution in [0, 0.1) is 5.92 Å². The third kappa shape index (κ3) is 1.88. The third-order valence-corrected chi connectivity index (χ3v) is 4.34. The minimum Gasteiger partial charge on any atom is -0.380 e. The molecule has 0 saturated carbocycles. The molecule has 0 aromatic heterocycles. The second-order valence-electron chi connectivity index (χ2n) is 5.49. The van der Waals surface area contributed by atoms with Crippen LogP contribution in [0.2, 0.25) is 0 Å². The zero-order chi connectivity index (χ0) is 14.2. The molecule has 2 nitrogen and oxygen atoms in total. The second kappa shape index (κ2) is 4.88. The zero-order valence-electron chi connectivity index (χ0n) is 11.5. The monoisotopic (exact) mass is 266 g/mol. The molecular weight excluding hydrogens is 248 g/mol. The van der Waals surface area contributed by atoms with Gasteiger partial charge in [0.25, 0.3) is 0 Å². The number of fused-ring (bicyclic) bond motifs is 1. The number of aliphatic hydroxyl groups is 1. The summed E-state index contributed by atoms with van der Waals surface area (Å²) in [5.41, 5.74) is 1.60. The van der Waals surface area contributed by atoms with E-state index in [9.17, 15) is 9.90 Å². The maximum Gasteiger partial charge on any atom is 0.136 e. The quantitative estimate of drug-likeness (QED) is 0.907. The van der Waals surface area contributed by atoms with E-state index in [2.05, 4.69) is 0 Å². The van der Waals surface area contributed by atoms with Crippen molar-refractivity contribution >= 4 is 5.78 Å². The average molecular weight is 266 g/mol. The fourth-order valence-electron chi connectivity index (χ4n) is 3.35. The predicted molar refractivity (Wildman–Crippen MR) is 78.4 cm³/mol. The molecule has 2 atom stereocenters. The van der Waals surface area contributed by atoms with Gasteiger partial charge in [-0.05, 0) is 36.5 Å². The first-order chi connectivity index (χ1) is 9.64. The SMILES string of the molecule is CC(=O)[C@H]1CCc2ccccc2[C@]1(O)c1ccccc1. The Bertz CT molecular complexity index is 633. The van der Waals surface area contributed by atoms with E-state index in [4.69, 9.17) is 0 Å². The molecule has 3 rings (SSSR count). The summed E-state index contributed by atoms with van der Waals surface area (Å²) < 4.78 is 0. The highest BCUT2D eigenvalue weighted by molar-refractivity contribution is 5.81. The predicted octanol–water partition coefficient (Wildman–Crippen LogP) is 3.07. The van der Waals surface area contributed by atoms with Crippen molar-refractivity contribution in [2.45, 2.75) is 25.4 Å². The number of ketones is 1. The minimum atomic E-state index is -1.21. The number of hydrogen-bond donors (Lipinski definition) is 1. The van der Waals surface area contributed by atoms with Gasteiger partial charge in [0.05, 0.1) is 5.92 Å². The molecule has 0 amide bonds. The van der Waals surface area contributed by atoms with Gasteiger partial charge in [0, 0.05) is 0 Å². The lowest BCUT2D eigenvalue weighted by atomic mass is 9.67. The zero-order valence-corrected chi connectivity index (χ0v) is 11.5. The summed E-state index contributed by atoms with van der Waals surface area (Å²) in [5, 5.41) is 11.4. The van der Waals surface area contributed by atoms with Crippen LogP contribution in [0.25, 0.3) is 0 Å². The first-order valence-corrected chi connectivity index (χ1v) is 7.00. The minimum absolute atomic E-state index is 0.0471. The second-order valence-corrected chi connectivity index (χ2v) is 5.49. The molecule has 0 aliphatic heterocycles. The molecule has 0 heterocycles. The van der Waals surface area contributed by atoms with Crippen molar-refractivity contribution in [3.8, 4) is 0 Å². The van der Waals surface area contributed by atoms with E-state index in [1.54, 1.807) is 6.92 Å². The van der Waals surface area contributed by atoms with E-state index in [0.717, 1.165) is 23.1 Å². The van der Waals surface area contributed by atoms with E-state index >= 15 is 0 Å². The Morgan fingerprint density at radius 2 is 1.75 bits per heavy atom. The molecule has 0 unspecified atom stereocenters. The van der Waals surface area contributed by atoms with Crippen LogP contribution in [0.3, 0.4) is 0 Å². The summed E-state index contributed by atoms with van der Waals surface area (Å²) in [5.74, 6) is -0.328. The molecule has 1 aliphatic rings. The lowest BCUT2D eigenvalue weighted by Gasteiger charge is -2.40. The maximum atomic E-state index is 12.0. The number of carbonyl (C=O) groups is 1. The van der Waals surface area contributed by atoms with Gasteiger partial charge in [0.15, 0.2) is 0 Å². The fraction of sp³-hybridized carbons (Fsp3) is 0.278. The van der Waals surface area contributed by atoms with Crippen molar-refractivity contribution in [3.05, 3.63) is 71.3 Å². The van der Waals surface area contributed by atoms with Crippen molar-refractivity contribution in [2.24, 2.45) is 5.92 Å². The van der Waals surface area contributed by atoms with Gasteiger partial charge in [0.1, 0.15) is 11.4 Å². The molecule has 1 N–H and O–H groups in total. The molecule has 0 fully saturated rings. The summed E-state index contributed by atoms with van der Waals surface area (Å²) >= 11 is 0. The number of rotatable bonds is 2. The maximum absolute atomic E-state index is 12.0. The van der Waals surface area contributed by atoms with Crippen molar-refractivity contribution in [1.29, 1.82) is 0 Å². The number of Topliss-reactive ketones (excluding diaryl/α,β-unsaturated/α-hetero) is 1. The Morgan fingerprint density at radius 3 is 2.45 bits per heavy atom. The lowest BCUT2D eigenvalue weighted by Crippen LogP contribution is -2.43. The van der Waals surface area contributed by atoms with E-state index in [1.165, 1.54) is 0 Å². The molecule has 0 spiro atoms. The Hall–Kier alpha value is -1.93. The van der Waals surface area contributed by atoms with E-state index < -0.39 is 5.60 Å². The van der Waals surface area contributed by atoms with Gasteiger partial charge in [-0.25, -0.2) is 0 Å². The summed E-state index contributed by atoms with van der Waals surface area (Å²) in [6, 6.07) is 17.4. The lowest BCUT2D eigenvalue weighted by molar-refractivity contribution is -0.129. The van der Waals surface area contributed by atoms with E-state index in [-0.39, 0.29) is 11.7 Å². The number of carbonyl (C=O) groups excluding carboxylic acids is 1. The summed E-state index contributed by atoms with van der Waals surface area (Å²) in [6.45, 7) is 1.58. The Morgan fingerprint density at radius 1 is 1.10 bits per heavy atom. The normalized spacial score (nSPS) is 25.0. The smallest absolute Gasteiger partial charge is 0.136 e. The number of aryl methyl sites for hydroxylation is 1. The average Bonchev–Trinajstić information content (AvgIpc) is 2.48. The van der Waals surface area contributed by atoms with Crippen molar-refractivity contribution < 1.29 is 9.90 Å². The Balaban J connectivity index is 2.24. The summed E-state index contributed by atoms with van der Waals surface area (Å²) in [7, 11) is 0.